The Labute approximate surface area is 155 Å². The van der Waals surface area contributed by atoms with E-state index in [1.165, 1.54) is 16.9 Å². The smallest absolute Gasteiger partial charge is 0.341 e. The fourth-order valence-electron chi connectivity index (χ4n) is 2.20. The summed E-state index contributed by atoms with van der Waals surface area (Å²) in [7, 11) is 0. The molecule has 0 saturated carbocycles. The van der Waals surface area contributed by atoms with Crippen LogP contribution in [-0.2, 0) is 9.53 Å². The molecule has 0 bridgehead atoms. The summed E-state index contributed by atoms with van der Waals surface area (Å²) in [5.74, 6) is -0.282. The maximum absolute atomic E-state index is 12.2. The molecule has 1 rings (SSSR count). The van der Waals surface area contributed by atoms with Crippen molar-refractivity contribution in [2.45, 2.75) is 60.3 Å². The fourth-order valence-corrected chi connectivity index (χ4v) is 3.33. The molecule has 1 aromatic heterocycles. The van der Waals surface area contributed by atoms with Crippen LogP contribution in [0.1, 0.15) is 75.5 Å². The standard InChI is InChI=1S/C20H29NO3S/c1-7-14(5)18(22)21-19-16(20(23)24-8-2)12-17(25-19)15(6)11-9-10-13(3)4/h7,10,12,15H,8-9,11H2,1-6H3,(H,21,22)/t15-/m0/s1. The zero-order chi connectivity index (χ0) is 19.0. The number of hydrogen-bond acceptors (Lipinski definition) is 4. The van der Waals surface area contributed by atoms with Crippen LogP contribution in [0.5, 0.6) is 0 Å². The van der Waals surface area contributed by atoms with Crippen molar-refractivity contribution in [3.05, 3.63) is 39.8 Å². The molecule has 0 fully saturated rings. The number of rotatable bonds is 8. The Bertz CT molecular complexity index is 666. The van der Waals surface area contributed by atoms with E-state index in [2.05, 4.69) is 32.2 Å². The molecule has 4 nitrogen and oxygen atoms in total. The highest BCUT2D eigenvalue weighted by atomic mass is 32.1. The summed E-state index contributed by atoms with van der Waals surface area (Å²) in [5.41, 5.74) is 2.36. The average molecular weight is 364 g/mol. The molecule has 1 heterocycles. The molecule has 0 aromatic carbocycles. The molecular formula is C20H29NO3S. The van der Waals surface area contributed by atoms with Gasteiger partial charge in [0, 0.05) is 10.5 Å². The molecule has 1 aromatic rings. The first kappa shape index (κ1) is 21.2. The lowest BCUT2D eigenvalue weighted by atomic mass is 10.0. The first-order valence-corrected chi connectivity index (χ1v) is 9.50. The van der Waals surface area contributed by atoms with Crippen molar-refractivity contribution in [1.82, 2.24) is 0 Å². The molecule has 0 aliphatic rings. The van der Waals surface area contributed by atoms with E-state index in [-0.39, 0.29) is 5.91 Å². The summed E-state index contributed by atoms with van der Waals surface area (Å²) in [5, 5.41) is 3.41. The third-order valence-electron chi connectivity index (χ3n) is 3.90. The van der Waals surface area contributed by atoms with E-state index >= 15 is 0 Å². The average Bonchev–Trinajstić information content (AvgIpc) is 2.97. The van der Waals surface area contributed by atoms with Gasteiger partial charge in [0.25, 0.3) is 5.91 Å². The Kier molecular flexibility index (Phi) is 8.62. The highest BCUT2D eigenvalue weighted by Gasteiger charge is 2.21. The van der Waals surface area contributed by atoms with Gasteiger partial charge in [-0.25, -0.2) is 4.79 Å². The maximum atomic E-state index is 12.2. The van der Waals surface area contributed by atoms with E-state index < -0.39 is 5.97 Å². The molecule has 1 atom stereocenters. The quantitative estimate of drug-likeness (QED) is 0.367. The van der Waals surface area contributed by atoms with Crippen LogP contribution in [0.2, 0.25) is 0 Å². The molecule has 0 saturated heterocycles. The van der Waals surface area contributed by atoms with Crippen LogP contribution in [0, 0.1) is 0 Å². The van der Waals surface area contributed by atoms with Crippen molar-refractivity contribution in [3.63, 3.8) is 0 Å². The van der Waals surface area contributed by atoms with E-state index in [0.717, 1.165) is 17.7 Å². The summed E-state index contributed by atoms with van der Waals surface area (Å²) in [6.45, 7) is 12.0. The Hall–Kier alpha value is -1.88. The van der Waals surface area contributed by atoms with Gasteiger partial charge < -0.3 is 10.1 Å². The predicted octanol–water partition coefficient (Wildman–Crippen LogP) is 5.68. The van der Waals surface area contributed by atoms with Crippen molar-refractivity contribution >= 4 is 28.2 Å². The predicted molar refractivity (Wildman–Crippen MR) is 105 cm³/mol. The highest BCUT2D eigenvalue weighted by Crippen LogP contribution is 2.35. The molecule has 0 spiro atoms. The topological polar surface area (TPSA) is 55.4 Å². The van der Waals surface area contributed by atoms with E-state index in [1.54, 1.807) is 19.9 Å². The molecule has 25 heavy (non-hydrogen) atoms. The van der Waals surface area contributed by atoms with Gasteiger partial charge >= 0.3 is 5.97 Å². The molecule has 5 heteroatoms. The molecule has 0 unspecified atom stereocenters. The lowest BCUT2D eigenvalue weighted by Gasteiger charge is -2.07. The van der Waals surface area contributed by atoms with Crippen LogP contribution in [-0.4, -0.2) is 18.5 Å². The zero-order valence-electron chi connectivity index (χ0n) is 16.1. The second-order valence-electron chi connectivity index (χ2n) is 6.30. The molecule has 0 aliphatic carbocycles. The third kappa shape index (κ3) is 6.50. The number of carbonyl (C=O) groups is 2. The molecule has 0 radical (unpaired) electrons. The molecule has 1 amide bonds. The van der Waals surface area contributed by atoms with E-state index in [4.69, 9.17) is 4.74 Å². The number of esters is 1. The van der Waals surface area contributed by atoms with Gasteiger partial charge in [-0.1, -0.05) is 24.6 Å². The third-order valence-corrected chi connectivity index (χ3v) is 5.18. The van der Waals surface area contributed by atoms with Gasteiger partial charge in [0.1, 0.15) is 5.00 Å². The number of anilines is 1. The normalized spacial score (nSPS) is 12.5. The number of hydrogen-bond donors (Lipinski definition) is 1. The summed E-state index contributed by atoms with van der Waals surface area (Å²) in [6.07, 6.45) is 5.95. The summed E-state index contributed by atoms with van der Waals surface area (Å²) < 4.78 is 5.13. The Morgan fingerprint density at radius 3 is 2.56 bits per heavy atom. The van der Waals surface area contributed by atoms with Gasteiger partial charge in [-0.15, -0.1) is 11.3 Å². The number of nitrogens with one attached hydrogen (secondary N) is 1. The van der Waals surface area contributed by atoms with Gasteiger partial charge in [0.15, 0.2) is 0 Å². The first-order chi connectivity index (χ1) is 11.8. The molecule has 138 valence electrons. The van der Waals surface area contributed by atoms with E-state index in [1.807, 2.05) is 13.0 Å². The summed E-state index contributed by atoms with van der Waals surface area (Å²) in [6, 6.07) is 1.86. The van der Waals surface area contributed by atoms with E-state index in [0.29, 0.717) is 28.7 Å². The zero-order valence-corrected chi connectivity index (χ0v) is 16.9. The minimum Gasteiger partial charge on any atom is -0.462 e. The molecular weight excluding hydrogens is 334 g/mol. The number of thiophene rings is 1. The summed E-state index contributed by atoms with van der Waals surface area (Å²) >= 11 is 1.46. The van der Waals surface area contributed by atoms with Crippen molar-refractivity contribution in [2.24, 2.45) is 0 Å². The van der Waals surface area contributed by atoms with Crippen LogP contribution in [0.3, 0.4) is 0 Å². The van der Waals surface area contributed by atoms with Gasteiger partial charge in [0.2, 0.25) is 0 Å². The fraction of sp³-hybridized carbons (Fsp3) is 0.500. The van der Waals surface area contributed by atoms with Crippen LogP contribution < -0.4 is 5.32 Å². The van der Waals surface area contributed by atoms with Gasteiger partial charge in [-0.3, -0.25) is 4.79 Å². The highest BCUT2D eigenvalue weighted by molar-refractivity contribution is 7.16. The van der Waals surface area contributed by atoms with Crippen molar-refractivity contribution < 1.29 is 14.3 Å². The molecule has 0 aliphatic heterocycles. The SMILES string of the molecule is CC=C(C)C(=O)Nc1sc([C@@H](C)CCC=C(C)C)cc1C(=O)OCC. The first-order valence-electron chi connectivity index (χ1n) is 8.68. The number of carbonyl (C=O) groups excluding carboxylic acids is 2. The lowest BCUT2D eigenvalue weighted by Crippen LogP contribution is -2.14. The Morgan fingerprint density at radius 1 is 1.32 bits per heavy atom. The van der Waals surface area contributed by atoms with Crippen molar-refractivity contribution in [2.75, 3.05) is 11.9 Å². The van der Waals surface area contributed by atoms with Gasteiger partial charge in [-0.05, 0) is 59.4 Å². The molecule has 1 N–H and O–H groups in total. The van der Waals surface area contributed by atoms with Gasteiger partial charge in [0.05, 0.1) is 12.2 Å². The number of ether oxygens (including phenoxy) is 1. The Balaban J connectivity index is 3.04. The Morgan fingerprint density at radius 2 is 2.00 bits per heavy atom. The number of allylic oxidation sites excluding steroid dienone is 3. The van der Waals surface area contributed by atoms with Crippen molar-refractivity contribution in [1.29, 1.82) is 0 Å². The van der Waals surface area contributed by atoms with Crippen molar-refractivity contribution in [3.8, 4) is 0 Å². The minimum absolute atomic E-state index is 0.196. The van der Waals surface area contributed by atoms with Crippen LogP contribution in [0.25, 0.3) is 0 Å². The van der Waals surface area contributed by atoms with Crippen LogP contribution >= 0.6 is 11.3 Å². The second-order valence-corrected chi connectivity index (χ2v) is 7.38. The largest absolute Gasteiger partial charge is 0.462 e. The minimum atomic E-state index is -0.394. The lowest BCUT2D eigenvalue weighted by molar-refractivity contribution is -0.112. The maximum Gasteiger partial charge on any atom is 0.341 e. The number of amides is 1. The van der Waals surface area contributed by atoms with Crippen LogP contribution in [0.15, 0.2) is 29.4 Å². The summed E-state index contributed by atoms with van der Waals surface area (Å²) in [4.78, 5) is 25.5. The van der Waals surface area contributed by atoms with E-state index in [9.17, 15) is 9.59 Å². The second kappa shape index (κ2) is 10.2. The van der Waals surface area contributed by atoms with Gasteiger partial charge in [-0.2, -0.15) is 0 Å². The monoisotopic (exact) mass is 363 g/mol. The van der Waals surface area contributed by atoms with Crippen LogP contribution in [0.4, 0.5) is 5.00 Å².